The fourth-order valence-corrected chi connectivity index (χ4v) is 2.86. The summed E-state index contributed by atoms with van der Waals surface area (Å²) in [5.41, 5.74) is 4.90. The van der Waals surface area contributed by atoms with Crippen molar-refractivity contribution in [3.63, 3.8) is 0 Å². The molecule has 3 aromatic rings. The zero-order valence-corrected chi connectivity index (χ0v) is 15.1. The minimum Gasteiger partial charge on any atom is -0.467 e. The molecule has 1 aromatic carbocycles. The van der Waals surface area contributed by atoms with Crippen molar-refractivity contribution in [1.29, 1.82) is 0 Å². The Kier molecular flexibility index (Phi) is 5.69. The number of benzene rings is 1. The standard InChI is InChI=1S/C21H23N3O2/c1-3-15-7-5-8-16(4-2)20(15)24-18-11-17(12-22-13-18)21(25)23-14-19-9-6-10-26-19/h5-13,24H,3-4,14H2,1-2H3,(H,23,25). The van der Waals surface area contributed by atoms with Crippen LogP contribution in [0.15, 0.2) is 59.5 Å². The Morgan fingerprint density at radius 2 is 1.85 bits per heavy atom. The molecule has 0 saturated heterocycles. The molecular weight excluding hydrogens is 326 g/mol. The van der Waals surface area contributed by atoms with Gasteiger partial charge in [-0.25, -0.2) is 0 Å². The third-order valence-corrected chi connectivity index (χ3v) is 4.27. The minimum absolute atomic E-state index is 0.183. The van der Waals surface area contributed by atoms with Gasteiger partial charge in [-0.2, -0.15) is 0 Å². The van der Waals surface area contributed by atoms with Crippen molar-refractivity contribution in [2.24, 2.45) is 0 Å². The summed E-state index contributed by atoms with van der Waals surface area (Å²) in [5.74, 6) is 0.530. The van der Waals surface area contributed by atoms with Crippen molar-refractivity contribution in [3.05, 3.63) is 77.5 Å². The fraction of sp³-hybridized carbons (Fsp3) is 0.238. The quantitative estimate of drug-likeness (QED) is 0.660. The van der Waals surface area contributed by atoms with Crippen LogP contribution < -0.4 is 10.6 Å². The van der Waals surface area contributed by atoms with Gasteiger partial charge in [-0.15, -0.1) is 0 Å². The zero-order valence-electron chi connectivity index (χ0n) is 15.1. The van der Waals surface area contributed by atoms with Crippen molar-refractivity contribution < 1.29 is 9.21 Å². The smallest absolute Gasteiger partial charge is 0.253 e. The van der Waals surface area contributed by atoms with E-state index in [4.69, 9.17) is 4.42 Å². The molecule has 0 unspecified atom stereocenters. The second-order valence-corrected chi connectivity index (χ2v) is 6.01. The third kappa shape index (κ3) is 4.11. The normalized spacial score (nSPS) is 10.5. The molecule has 0 fully saturated rings. The first-order chi connectivity index (χ1) is 12.7. The lowest BCUT2D eigenvalue weighted by atomic mass is 10.0. The fourth-order valence-electron chi connectivity index (χ4n) is 2.86. The molecular formula is C21H23N3O2. The average molecular weight is 349 g/mol. The number of carbonyl (C=O) groups excluding carboxylic acids is 1. The van der Waals surface area contributed by atoms with Crippen LogP contribution in [0.25, 0.3) is 0 Å². The molecule has 26 heavy (non-hydrogen) atoms. The molecule has 2 N–H and O–H groups in total. The third-order valence-electron chi connectivity index (χ3n) is 4.27. The summed E-state index contributed by atoms with van der Waals surface area (Å²) in [4.78, 5) is 16.6. The number of para-hydroxylation sites is 1. The molecule has 134 valence electrons. The Hall–Kier alpha value is -3.08. The Morgan fingerprint density at radius 3 is 2.50 bits per heavy atom. The van der Waals surface area contributed by atoms with Gasteiger partial charge in [0, 0.05) is 11.9 Å². The molecule has 0 spiro atoms. The van der Waals surface area contributed by atoms with E-state index in [0.717, 1.165) is 24.2 Å². The van der Waals surface area contributed by atoms with Crippen LogP contribution in [0.5, 0.6) is 0 Å². The Labute approximate surface area is 153 Å². The number of nitrogens with zero attached hydrogens (tertiary/aromatic N) is 1. The van der Waals surface area contributed by atoms with Crippen LogP contribution >= 0.6 is 0 Å². The number of pyridine rings is 1. The molecule has 0 aliphatic carbocycles. The van der Waals surface area contributed by atoms with E-state index in [1.807, 2.05) is 12.1 Å². The second-order valence-electron chi connectivity index (χ2n) is 6.01. The van der Waals surface area contributed by atoms with Gasteiger partial charge in [-0.05, 0) is 42.2 Å². The molecule has 0 atom stereocenters. The van der Waals surface area contributed by atoms with Crippen LogP contribution in [0.4, 0.5) is 11.4 Å². The number of rotatable bonds is 7. The number of carbonyl (C=O) groups is 1. The van der Waals surface area contributed by atoms with Crippen LogP contribution in [0.3, 0.4) is 0 Å². The van der Waals surface area contributed by atoms with Gasteiger partial charge in [0.15, 0.2) is 0 Å². The van der Waals surface area contributed by atoms with E-state index >= 15 is 0 Å². The van der Waals surface area contributed by atoms with Crippen molar-refractivity contribution in [1.82, 2.24) is 10.3 Å². The average Bonchev–Trinajstić information content (AvgIpc) is 3.20. The first-order valence-corrected chi connectivity index (χ1v) is 8.84. The Bertz CT molecular complexity index is 850. The number of amides is 1. The molecule has 2 aromatic heterocycles. The number of aryl methyl sites for hydroxylation is 2. The predicted molar refractivity (Wildman–Crippen MR) is 103 cm³/mol. The summed E-state index contributed by atoms with van der Waals surface area (Å²) in [6.07, 6.45) is 6.76. The lowest BCUT2D eigenvalue weighted by Crippen LogP contribution is -2.22. The summed E-state index contributed by atoms with van der Waals surface area (Å²) in [5, 5.41) is 6.28. The number of furan rings is 1. The largest absolute Gasteiger partial charge is 0.467 e. The number of hydrogen-bond acceptors (Lipinski definition) is 4. The highest BCUT2D eigenvalue weighted by Gasteiger charge is 2.10. The lowest BCUT2D eigenvalue weighted by molar-refractivity contribution is 0.0947. The highest BCUT2D eigenvalue weighted by atomic mass is 16.3. The molecule has 1 amide bonds. The van der Waals surface area contributed by atoms with Gasteiger partial charge in [0.1, 0.15) is 5.76 Å². The number of aromatic nitrogens is 1. The van der Waals surface area contributed by atoms with Gasteiger partial charge in [-0.1, -0.05) is 32.0 Å². The highest BCUT2D eigenvalue weighted by molar-refractivity contribution is 5.94. The summed E-state index contributed by atoms with van der Waals surface area (Å²) in [6.45, 7) is 4.62. The maximum absolute atomic E-state index is 12.4. The molecule has 5 nitrogen and oxygen atoms in total. The van der Waals surface area contributed by atoms with Crippen LogP contribution in [0.1, 0.15) is 41.1 Å². The minimum atomic E-state index is -0.183. The monoisotopic (exact) mass is 349 g/mol. The van der Waals surface area contributed by atoms with Gasteiger partial charge in [0.05, 0.1) is 30.3 Å². The van der Waals surface area contributed by atoms with Gasteiger partial charge in [-0.3, -0.25) is 9.78 Å². The number of nitrogens with one attached hydrogen (secondary N) is 2. The van der Waals surface area contributed by atoms with Crippen LogP contribution in [0.2, 0.25) is 0 Å². The van der Waals surface area contributed by atoms with E-state index in [0.29, 0.717) is 17.9 Å². The lowest BCUT2D eigenvalue weighted by Gasteiger charge is -2.15. The highest BCUT2D eigenvalue weighted by Crippen LogP contribution is 2.26. The number of anilines is 2. The van der Waals surface area contributed by atoms with E-state index in [-0.39, 0.29) is 5.91 Å². The second kappa shape index (κ2) is 8.34. The number of hydrogen-bond donors (Lipinski definition) is 2. The topological polar surface area (TPSA) is 67.2 Å². The maximum Gasteiger partial charge on any atom is 0.253 e. The molecule has 0 saturated carbocycles. The van der Waals surface area contributed by atoms with E-state index in [2.05, 4.69) is 47.7 Å². The molecule has 0 aliphatic heterocycles. The molecule has 0 aliphatic rings. The maximum atomic E-state index is 12.4. The summed E-state index contributed by atoms with van der Waals surface area (Å²) in [6, 6.07) is 11.8. The molecule has 5 heteroatoms. The van der Waals surface area contributed by atoms with Gasteiger partial charge < -0.3 is 15.1 Å². The molecule has 0 radical (unpaired) electrons. The van der Waals surface area contributed by atoms with Gasteiger partial charge in [0.25, 0.3) is 5.91 Å². The van der Waals surface area contributed by atoms with Crippen LogP contribution in [0, 0.1) is 0 Å². The van der Waals surface area contributed by atoms with E-state index < -0.39 is 0 Å². The zero-order chi connectivity index (χ0) is 18.4. The van der Waals surface area contributed by atoms with Gasteiger partial charge in [0.2, 0.25) is 0 Å². The van der Waals surface area contributed by atoms with E-state index in [1.165, 1.54) is 11.1 Å². The van der Waals surface area contributed by atoms with Crippen molar-refractivity contribution in [3.8, 4) is 0 Å². The first-order valence-electron chi connectivity index (χ1n) is 8.84. The van der Waals surface area contributed by atoms with E-state index in [1.54, 1.807) is 24.7 Å². The van der Waals surface area contributed by atoms with E-state index in [9.17, 15) is 4.79 Å². The van der Waals surface area contributed by atoms with Crippen molar-refractivity contribution in [2.75, 3.05) is 5.32 Å². The van der Waals surface area contributed by atoms with Crippen LogP contribution in [-0.2, 0) is 19.4 Å². The molecule has 2 heterocycles. The summed E-state index contributed by atoms with van der Waals surface area (Å²) in [7, 11) is 0. The SMILES string of the molecule is CCc1cccc(CC)c1Nc1cncc(C(=O)NCc2ccco2)c1. The van der Waals surface area contributed by atoms with Crippen molar-refractivity contribution in [2.45, 2.75) is 33.2 Å². The van der Waals surface area contributed by atoms with Crippen molar-refractivity contribution >= 4 is 17.3 Å². The van der Waals surface area contributed by atoms with Crippen LogP contribution in [-0.4, -0.2) is 10.9 Å². The van der Waals surface area contributed by atoms with Gasteiger partial charge >= 0.3 is 0 Å². The Morgan fingerprint density at radius 1 is 1.08 bits per heavy atom. The predicted octanol–water partition coefficient (Wildman–Crippen LogP) is 4.47. The molecule has 3 rings (SSSR count). The summed E-state index contributed by atoms with van der Waals surface area (Å²) < 4.78 is 5.23. The molecule has 0 bridgehead atoms. The summed E-state index contributed by atoms with van der Waals surface area (Å²) >= 11 is 0. The Balaban J connectivity index is 1.76. The first kappa shape index (κ1) is 17.7.